The van der Waals surface area contributed by atoms with Gasteiger partial charge in [0.1, 0.15) is 0 Å². The summed E-state index contributed by atoms with van der Waals surface area (Å²) in [5, 5.41) is 4.12. The monoisotopic (exact) mass is 346 g/mol. The molecule has 1 aliphatic carbocycles. The van der Waals surface area contributed by atoms with Crippen molar-refractivity contribution >= 4 is 11.8 Å². The fraction of sp³-hybridized carbons (Fsp3) is 0.778. The van der Waals surface area contributed by atoms with Crippen molar-refractivity contribution in [1.82, 2.24) is 19.9 Å². The third-order valence-corrected chi connectivity index (χ3v) is 5.54. The topological polar surface area (TPSA) is 79.5 Å². The molecule has 3 heterocycles. The number of hydrogen-bond acceptors (Lipinski definition) is 5. The van der Waals surface area contributed by atoms with Gasteiger partial charge in [-0.1, -0.05) is 19.0 Å². The number of nitrogens with zero attached hydrogens (tertiary/aromatic N) is 4. The zero-order chi connectivity index (χ0) is 17.6. The van der Waals surface area contributed by atoms with Gasteiger partial charge in [-0.2, -0.15) is 4.98 Å². The van der Waals surface area contributed by atoms with Gasteiger partial charge in [0.05, 0.1) is 5.92 Å². The lowest BCUT2D eigenvalue weighted by atomic mass is 9.95. The molecule has 0 spiro atoms. The maximum absolute atomic E-state index is 12.9. The lowest BCUT2D eigenvalue weighted by molar-refractivity contribution is -0.137. The molecule has 0 N–H and O–H groups in total. The first-order valence-electron chi connectivity index (χ1n) is 9.44. The summed E-state index contributed by atoms with van der Waals surface area (Å²) in [4.78, 5) is 33.4. The maximum Gasteiger partial charge on any atom is 0.229 e. The van der Waals surface area contributed by atoms with E-state index in [9.17, 15) is 9.59 Å². The van der Waals surface area contributed by atoms with Crippen LogP contribution in [0.15, 0.2) is 4.52 Å². The van der Waals surface area contributed by atoms with E-state index in [2.05, 4.69) is 10.1 Å². The molecule has 2 amide bonds. The molecule has 2 saturated heterocycles. The third kappa shape index (κ3) is 3.28. The fourth-order valence-electron chi connectivity index (χ4n) is 3.93. The molecule has 136 valence electrons. The first-order chi connectivity index (χ1) is 12.0. The predicted molar refractivity (Wildman–Crippen MR) is 89.8 cm³/mol. The molecule has 7 nitrogen and oxygen atoms in total. The second-order valence-electron chi connectivity index (χ2n) is 7.95. The second kappa shape index (κ2) is 6.42. The van der Waals surface area contributed by atoms with Crippen molar-refractivity contribution in [2.75, 3.05) is 19.6 Å². The molecule has 2 atom stereocenters. The van der Waals surface area contributed by atoms with Crippen LogP contribution in [0.4, 0.5) is 0 Å². The average Bonchev–Trinajstić information content (AvgIpc) is 3.18. The third-order valence-electron chi connectivity index (χ3n) is 5.54. The first-order valence-corrected chi connectivity index (χ1v) is 9.44. The molecule has 0 radical (unpaired) electrons. The van der Waals surface area contributed by atoms with Crippen molar-refractivity contribution < 1.29 is 14.1 Å². The summed E-state index contributed by atoms with van der Waals surface area (Å²) in [6.07, 6.45) is 4.47. The SMILES string of the molecule is CC(C)c1nc([C@@H]2CCCN(C(=O)[C@H]3CC(=O)N(C4CC4)C3)C2)no1. The van der Waals surface area contributed by atoms with Crippen molar-refractivity contribution in [3.05, 3.63) is 11.7 Å². The Morgan fingerprint density at radius 1 is 1.24 bits per heavy atom. The number of carbonyl (C=O) groups is 2. The highest BCUT2D eigenvalue weighted by molar-refractivity contribution is 5.89. The lowest BCUT2D eigenvalue weighted by Gasteiger charge is -2.33. The molecule has 3 aliphatic rings. The minimum Gasteiger partial charge on any atom is -0.342 e. The average molecular weight is 346 g/mol. The second-order valence-corrected chi connectivity index (χ2v) is 7.95. The summed E-state index contributed by atoms with van der Waals surface area (Å²) < 4.78 is 5.32. The Labute approximate surface area is 147 Å². The molecular formula is C18H26N4O3. The van der Waals surface area contributed by atoms with Crippen LogP contribution in [-0.4, -0.2) is 57.4 Å². The fourth-order valence-corrected chi connectivity index (χ4v) is 3.93. The largest absolute Gasteiger partial charge is 0.342 e. The van der Waals surface area contributed by atoms with E-state index in [-0.39, 0.29) is 29.6 Å². The van der Waals surface area contributed by atoms with Crippen molar-refractivity contribution in [3.8, 4) is 0 Å². The quantitative estimate of drug-likeness (QED) is 0.832. The van der Waals surface area contributed by atoms with Gasteiger partial charge in [0.25, 0.3) is 0 Å². The van der Waals surface area contributed by atoms with Gasteiger partial charge in [0.2, 0.25) is 17.7 Å². The zero-order valence-electron chi connectivity index (χ0n) is 15.0. The van der Waals surface area contributed by atoms with Gasteiger partial charge in [-0.25, -0.2) is 0 Å². The summed E-state index contributed by atoms with van der Waals surface area (Å²) >= 11 is 0. The molecule has 0 unspecified atom stereocenters. The van der Waals surface area contributed by atoms with Crippen molar-refractivity contribution in [1.29, 1.82) is 0 Å². The standard InChI is InChI=1S/C18H26N4O3/c1-11(2)17-19-16(20-25-17)12-4-3-7-21(9-12)18(24)13-8-15(23)22(10-13)14-5-6-14/h11-14H,3-10H2,1-2H3/t12-,13+/m1/s1. The van der Waals surface area contributed by atoms with Crippen LogP contribution in [0.3, 0.4) is 0 Å². The number of rotatable bonds is 4. The van der Waals surface area contributed by atoms with E-state index in [1.54, 1.807) is 0 Å². The molecule has 0 aromatic carbocycles. The van der Waals surface area contributed by atoms with Gasteiger partial charge in [0.15, 0.2) is 5.82 Å². The van der Waals surface area contributed by atoms with E-state index in [0.717, 1.165) is 32.2 Å². The highest BCUT2D eigenvalue weighted by Crippen LogP contribution is 2.34. The molecule has 2 aliphatic heterocycles. The molecule has 25 heavy (non-hydrogen) atoms. The molecule has 1 saturated carbocycles. The van der Waals surface area contributed by atoms with E-state index < -0.39 is 0 Å². The number of amides is 2. The van der Waals surface area contributed by atoms with Gasteiger partial charge in [-0.15, -0.1) is 0 Å². The minimum absolute atomic E-state index is 0.119. The molecule has 3 fully saturated rings. The van der Waals surface area contributed by atoms with E-state index in [0.29, 0.717) is 37.3 Å². The Balaban J connectivity index is 1.40. The van der Waals surface area contributed by atoms with E-state index in [4.69, 9.17) is 4.52 Å². The van der Waals surface area contributed by atoms with Gasteiger partial charge in [-0.05, 0) is 25.7 Å². The summed E-state index contributed by atoms with van der Waals surface area (Å²) in [5.74, 6) is 1.79. The summed E-state index contributed by atoms with van der Waals surface area (Å²) in [7, 11) is 0. The van der Waals surface area contributed by atoms with E-state index >= 15 is 0 Å². The van der Waals surface area contributed by atoms with Crippen LogP contribution in [0.2, 0.25) is 0 Å². The zero-order valence-corrected chi connectivity index (χ0v) is 15.0. The summed E-state index contributed by atoms with van der Waals surface area (Å²) in [6, 6.07) is 0.396. The Kier molecular flexibility index (Phi) is 4.25. The molecule has 7 heteroatoms. The van der Waals surface area contributed by atoms with Gasteiger partial charge in [-0.3, -0.25) is 9.59 Å². The number of likely N-dealkylation sites (tertiary alicyclic amines) is 2. The number of carbonyl (C=O) groups excluding carboxylic acids is 2. The van der Waals surface area contributed by atoms with Crippen molar-refractivity contribution in [2.45, 2.75) is 63.8 Å². The van der Waals surface area contributed by atoms with E-state index in [1.807, 2.05) is 23.6 Å². The lowest BCUT2D eigenvalue weighted by Crippen LogP contribution is -2.43. The van der Waals surface area contributed by atoms with Crippen LogP contribution in [0.25, 0.3) is 0 Å². The molecule has 1 aromatic rings. The van der Waals surface area contributed by atoms with Crippen LogP contribution in [-0.2, 0) is 9.59 Å². The number of hydrogen-bond donors (Lipinski definition) is 0. The normalized spacial score (nSPS) is 27.4. The van der Waals surface area contributed by atoms with Crippen molar-refractivity contribution in [2.24, 2.45) is 5.92 Å². The highest BCUT2D eigenvalue weighted by Gasteiger charge is 2.43. The van der Waals surface area contributed by atoms with Gasteiger partial charge >= 0.3 is 0 Å². The Bertz CT molecular complexity index is 667. The summed E-state index contributed by atoms with van der Waals surface area (Å²) in [6.45, 7) is 6.04. The number of piperidine rings is 1. The predicted octanol–water partition coefficient (Wildman–Crippen LogP) is 1.91. The first kappa shape index (κ1) is 16.5. The van der Waals surface area contributed by atoms with Crippen LogP contribution >= 0.6 is 0 Å². The maximum atomic E-state index is 12.9. The summed E-state index contributed by atoms with van der Waals surface area (Å²) in [5.41, 5.74) is 0. The smallest absolute Gasteiger partial charge is 0.229 e. The molecule has 0 bridgehead atoms. The molecule has 1 aromatic heterocycles. The van der Waals surface area contributed by atoms with Crippen LogP contribution in [0.5, 0.6) is 0 Å². The van der Waals surface area contributed by atoms with Crippen LogP contribution < -0.4 is 0 Å². The van der Waals surface area contributed by atoms with Crippen LogP contribution in [0.1, 0.15) is 69.5 Å². The van der Waals surface area contributed by atoms with Crippen molar-refractivity contribution in [3.63, 3.8) is 0 Å². The Morgan fingerprint density at radius 2 is 2.04 bits per heavy atom. The highest BCUT2D eigenvalue weighted by atomic mass is 16.5. The molecular weight excluding hydrogens is 320 g/mol. The van der Waals surface area contributed by atoms with Gasteiger partial charge < -0.3 is 14.3 Å². The van der Waals surface area contributed by atoms with Crippen LogP contribution in [0, 0.1) is 5.92 Å². The van der Waals surface area contributed by atoms with Gasteiger partial charge in [0, 0.05) is 43.9 Å². The number of aromatic nitrogens is 2. The Morgan fingerprint density at radius 3 is 2.72 bits per heavy atom. The minimum atomic E-state index is -0.177. The molecule has 4 rings (SSSR count). The Hall–Kier alpha value is -1.92. The van der Waals surface area contributed by atoms with E-state index in [1.165, 1.54) is 0 Å².